The zero-order valence-electron chi connectivity index (χ0n) is 14.5. The molecule has 3 aromatic carbocycles. The van der Waals surface area contributed by atoms with Gasteiger partial charge in [-0.05, 0) is 28.5 Å². The molecule has 5 rings (SSSR count). The number of hydrogen-bond acceptors (Lipinski definition) is 4. The highest BCUT2D eigenvalue weighted by Crippen LogP contribution is 2.25. The third-order valence-electron chi connectivity index (χ3n) is 4.57. The number of benzene rings is 3. The highest BCUT2D eigenvalue weighted by molar-refractivity contribution is 5.85. The molecule has 0 atom stereocenters. The molecule has 130 valence electrons. The van der Waals surface area contributed by atoms with Gasteiger partial charge in [0, 0.05) is 0 Å². The van der Waals surface area contributed by atoms with Gasteiger partial charge in [0.25, 0.3) is 0 Å². The van der Waals surface area contributed by atoms with Gasteiger partial charge in [-0.2, -0.15) is 5.10 Å². The Morgan fingerprint density at radius 2 is 1.59 bits per heavy atom. The highest BCUT2D eigenvalue weighted by atomic mass is 16.5. The maximum absolute atomic E-state index is 6.06. The smallest absolute Gasteiger partial charge is 0.228 e. The van der Waals surface area contributed by atoms with Crippen LogP contribution in [0.1, 0.15) is 5.56 Å². The average molecular weight is 352 g/mol. The van der Waals surface area contributed by atoms with Crippen molar-refractivity contribution in [2.24, 2.45) is 0 Å². The SMILES string of the molecule is c1ccc(-n2ncc3c(OCc4cccc5ccccc45)ncnc32)cc1. The molecule has 27 heavy (non-hydrogen) atoms. The second-order valence-corrected chi connectivity index (χ2v) is 6.23. The number of aromatic nitrogens is 4. The van der Waals surface area contributed by atoms with E-state index in [0.717, 1.165) is 22.3 Å². The van der Waals surface area contributed by atoms with Gasteiger partial charge in [-0.3, -0.25) is 0 Å². The van der Waals surface area contributed by atoms with E-state index in [4.69, 9.17) is 4.74 Å². The van der Waals surface area contributed by atoms with Crippen LogP contribution in [0.25, 0.3) is 27.5 Å². The first-order valence-corrected chi connectivity index (χ1v) is 8.74. The summed E-state index contributed by atoms with van der Waals surface area (Å²) in [7, 11) is 0. The summed E-state index contributed by atoms with van der Waals surface area (Å²) in [5, 5.41) is 7.64. The molecule has 2 aromatic heterocycles. The molecule has 5 aromatic rings. The number of nitrogens with zero attached hydrogens (tertiary/aromatic N) is 4. The Balaban J connectivity index is 1.50. The van der Waals surface area contributed by atoms with Crippen LogP contribution in [0.5, 0.6) is 5.88 Å². The van der Waals surface area contributed by atoms with Crippen molar-refractivity contribution in [3.63, 3.8) is 0 Å². The van der Waals surface area contributed by atoms with E-state index < -0.39 is 0 Å². The number of rotatable bonds is 4. The van der Waals surface area contributed by atoms with Gasteiger partial charge in [-0.25, -0.2) is 14.6 Å². The summed E-state index contributed by atoms with van der Waals surface area (Å²) in [6.45, 7) is 0.435. The van der Waals surface area contributed by atoms with E-state index in [1.165, 1.54) is 17.1 Å². The average Bonchev–Trinajstić information content (AvgIpc) is 3.17. The molecular formula is C22H16N4O. The maximum atomic E-state index is 6.06. The van der Waals surface area contributed by atoms with E-state index in [2.05, 4.69) is 39.3 Å². The van der Waals surface area contributed by atoms with Crippen LogP contribution in [0.3, 0.4) is 0 Å². The Hall–Kier alpha value is -3.73. The molecule has 2 heterocycles. The maximum Gasteiger partial charge on any atom is 0.228 e. The van der Waals surface area contributed by atoms with Crippen LogP contribution in [0, 0.1) is 0 Å². The quantitative estimate of drug-likeness (QED) is 0.476. The van der Waals surface area contributed by atoms with Crippen molar-refractivity contribution in [2.45, 2.75) is 6.61 Å². The van der Waals surface area contributed by atoms with Crippen LogP contribution in [0.4, 0.5) is 0 Å². The molecule has 5 heteroatoms. The monoisotopic (exact) mass is 352 g/mol. The molecule has 0 aliphatic heterocycles. The molecule has 0 saturated carbocycles. The zero-order chi connectivity index (χ0) is 18.1. The summed E-state index contributed by atoms with van der Waals surface area (Å²) in [5.74, 6) is 0.537. The van der Waals surface area contributed by atoms with Gasteiger partial charge in [0.2, 0.25) is 5.88 Å². The molecule has 0 bridgehead atoms. The molecule has 0 radical (unpaired) electrons. The van der Waals surface area contributed by atoms with Crippen LogP contribution < -0.4 is 4.74 Å². The third kappa shape index (κ3) is 2.79. The Labute approximate surface area is 155 Å². The molecule has 0 aliphatic rings. The summed E-state index contributed by atoms with van der Waals surface area (Å²) < 4.78 is 7.85. The Morgan fingerprint density at radius 3 is 2.52 bits per heavy atom. The van der Waals surface area contributed by atoms with Gasteiger partial charge < -0.3 is 4.74 Å². The number of fused-ring (bicyclic) bond motifs is 2. The van der Waals surface area contributed by atoms with Crippen molar-refractivity contribution < 1.29 is 4.74 Å². The fourth-order valence-electron chi connectivity index (χ4n) is 3.26. The van der Waals surface area contributed by atoms with E-state index in [9.17, 15) is 0 Å². The van der Waals surface area contributed by atoms with Crippen molar-refractivity contribution in [2.75, 3.05) is 0 Å². The first-order valence-electron chi connectivity index (χ1n) is 8.74. The van der Waals surface area contributed by atoms with Crippen molar-refractivity contribution in [3.8, 4) is 11.6 Å². The Bertz CT molecular complexity index is 1230. The highest BCUT2D eigenvalue weighted by Gasteiger charge is 2.12. The fraction of sp³-hybridized carbons (Fsp3) is 0.0455. The van der Waals surface area contributed by atoms with Gasteiger partial charge >= 0.3 is 0 Å². The molecule has 0 fully saturated rings. The summed E-state index contributed by atoms with van der Waals surface area (Å²) >= 11 is 0. The lowest BCUT2D eigenvalue weighted by atomic mass is 10.1. The van der Waals surface area contributed by atoms with Crippen LogP contribution in [0.2, 0.25) is 0 Å². The van der Waals surface area contributed by atoms with Crippen LogP contribution in [0.15, 0.2) is 85.3 Å². The minimum absolute atomic E-state index is 0.435. The van der Waals surface area contributed by atoms with E-state index in [-0.39, 0.29) is 0 Å². The molecular weight excluding hydrogens is 336 g/mol. The second-order valence-electron chi connectivity index (χ2n) is 6.23. The summed E-state index contributed by atoms with van der Waals surface area (Å²) in [6, 6.07) is 24.4. The van der Waals surface area contributed by atoms with Gasteiger partial charge in [0.05, 0.1) is 11.9 Å². The number of hydrogen-bond donors (Lipinski definition) is 0. The predicted molar refractivity (Wildman–Crippen MR) is 105 cm³/mol. The van der Waals surface area contributed by atoms with Crippen molar-refractivity contribution in [3.05, 3.63) is 90.9 Å². The van der Waals surface area contributed by atoms with Crippen molar-refractivity contribution in [1.82, 2.24) is 19.7 Å². The third-order valence-corrected chi connectivity index (χ3v) is 4.57. The van der Waals surface area contributed by atoms with E-state index in [1.807, 2.05) is 48.5 Å². The lowest BCUT2D eigenvalue weighted by molar-refractivity contribution is 0.299. The normalized spacial score (nSPS) is 11.1. The lowest BCUT2D eigenvalue weighted by Gasteiger charge is -2.09. The van der Waals surface area contributed by atoms with Gasteiger partial charge in [-0.15, -0.1) is 0 Å². The number of ether oxygens (including phenoxy) is 1. The van der Waals surface area contributed by atoms with Crippen molar-refractivity contribution in [1.29, 1.82) is 0 Å². The molecule has 0 spiro atoms. The number of para-hydroxylation sites is 1. The minimum Gasteiger partial charge on any atom is -0.472 e. The van der Waals surface area contributed by atoms with Crippen LogP contribution in [-0.2, 0) is 6.61 Å². The van der Waals surface area contributed by atoms with Gasteiger partial charge in [0.15, 0.2) is 5.65 Å². The summed E-state index contributed by atoms with van der Waals surface area (Å²) in [6.07, 6.45) is 3.27. The van der Waals surface area contributed by atoms with Crippen LogP contribution >= 0.6 is 0 Å². The second kappa shape index (κ2) is 6.53. The molecule has 0 unspecified atom stereocenters. The molecule has 0 N–H and O–H groups in total. The van der Waals surface area contributed by atoms with E-state index >= 15 is 0 Å². The fourth-order valence-corrected chi connectivity index (χ4v) is 3.26. The molecule has 0 aliphatic carbocycles. The van der Waals surface area contributed by atoms with Crippen LogP contribution in [-0.4, -0.2) is 19.7 Å². The van der Waals surface area contributed by atoms with E-state index in [0.29, 0.717) is 12.5 Å². The minimum atomic E-state index is 0.435. The van der Waals surface area contributed by atoms with Gasteiger partial charge in [0.1, 0.15) is 18.3 Å². The summed E-state index contributed by atoms with van der Waals surface area (Å²) in [4.78, 5) is 8.71. The first kappa shape index (κ1) is 15.5. The Kier molecular flexibility index (Phi) is 3.76. The predicted octanol–water partition coefficient (Wildman–Crippen LogP) is 4.55. The molecule has 0 saturated heterocycles. The first-order chi connectivity index (χ1) is 13.4. The molecule has 0 amide bonds. The van der Waals surface area contributed by atoms with E-state index in [1.54, 1.807) is 10.9 Å². The molecule has 5 nitrogen and oxygen atoms in total. The topological polar surface area (TPSA) is 52.8 Å². The Morgan fingerprint density at radius 1 is 0.778 bits per heavy atom. The van der Waals surface area contributed by atoms with Gasteiger partial charge in [-0.1, -0.05) is 60.7 Å². The zero-order valence-corrected chi connectivity index (χ0v) is 14.5. The largest absolute Gasteiger partial charge is 0.472 e. The van der Waals surface area contributed by atoms with Crippen molar-refractivity contribution >= 4 is 21.8 Å². The standard InChI is InChI=1S/C22H16N4O/c1-2-10-18(11-3-1)26-21-20(13-25-26)22(24-15-23-21)27-14-17-9-6-8-16-7-4-5-12-19(16)17/h1-13,15H,14H2. The lowest BCUT2D eigenvalue weighted by Crippen LogP contribution is -2.00. The summed E-state index contributed by atoms with van der Waals surface area (Å²) in [5.41, 5.74) is 2.80.